The number of rotatable bonds is 4. The van der Waals surface area contributed by atoms with Crippen LogP contribution in [-0.2, 0) is 4.74 Å². The van der Waals surface area contributed by atoms with Crippen molar-refractivity contribution in [2.45, 2.75) is 25.8 Å². The molecule has 1 amide bonds. The van der Waals surface area contributed by atoms with Crippen LogP contribution in [0.25, 0.3) is 0 Å². The summed E-state index contributed by atoms with van der Waals surface area (Å²) in [5.41, 5.74) is 0.967. The van der Waals surface area contributed by atoms with Crippen molar-refractivity contribution in [2.75, 3.05) is 19.8 Å². The van der Waals surface area contributed by atoms with E-state index in [9.17, 15) is 4.79 Å². The maximum atomic E-state index is 12.3. The van der Waals surface area contributed by atoms with E-state index in [0.29, 0.717) is 24.5 Å². The average molecular weight is 247 g/mol. The first kappa shape index (κ1) is 12.7. The molecule has 0 bridgehead atoms. The van der Waals surface area contributed by atoms with Crippen LogP contribution in [0.15, 0.2) is 12.3 Å². The van der Waals surface area contributed by atoms with Gasteiger partial charge in [0, 0.05) is 19.3 Å². The third-order valence-electron chi connectivity index (χ3n) is 3.19. The Hall–Kier alpha value is -1.80. The molecule has 0 aromatic carbocycles. The maximum absolute atomic E-state index is 12.3. The number of aromatic nitrogens is 1. The molecule has 5 nitrogen and oxygen atoms in total. The Labute approximate surface area is 106 Å². The number of carbonyl (C=O) groups excluding carboxylic acids is 1. The third-order valence-corrected chi connectivity index (χ3v) is 3.19. The second-order valence-electron chi connectivity index (χ2n) is 4.37. The lowest BCUT2D eigenvalue weighted by atomic mass is 10.2. The SMILES string of the molecule is CCOCC1CCCN1C(=O)c1cc(C#N)c[nH]1. The Balaban J connectivity index is 2.05. The summed E-state index contributed by atoms with van der Waals surface area (Å²) in [6.45, 7) is 3.97. The molecule has 1 aliphatic rings. The van der Waals surface area contributed by atoms with Crippen molar-refractivity contribution in [1.82, 2.24) is 9.88 Å². The van der Waals surface area contributed by atoms with Gasteiger partial charge in [0.15, 0.2) is 0 Å². The zero-order chi connectivity index (χ0) is 13.0. The molecule has 96 valence electrons. The third kappa shape index (κ3) is 2.54. The highest BCUT2D eigenvalue weighted by molar-refractivity contribution is 5.93. The Morgan fingerprint density at radius 2 is 2.56 bits per heavy atom. The number of nitrogens with zero attached hydrogens (tertiary/aromatic N) is 2. The summed E-state index contributed by atoms with van der Waals surface area (Å²) in [7, 11) is 0. The highest BCUT2D eigenvalue weighted by Crippen LogP contribution is 2.20. The number of hydrogen-bond acceptors (Lipinski definition) is 3. The van der Waals surface area contributed by atoms with Gasteiger partial charge < -0.3 is 14.6 Å². The fraction of sp³-hybridized carbons (Fsp3) is 0.538. The van der Waals surface area contributed by atoms with E-state index in [1.165, 1.54) is 0 Å². The summed E-state index contributed by atoms with van der Waals surface area (Å²) < 4.78 is 5.40. The van der Waals surface area contributed by atoms with Crippen molar-refractivity contribution >= 4 is 5.91 Å². The minimum absolute atomic E-state index is 0.0429. The van der Waals surface area contributed by atoms with Gasteiger partial charge >= 0.3 is 0 Å². The molecule has 1 unspecified atom stereocenters. The van der Waals surface area contributed by atoms with Crippen LogP contribution in [-0.4, -0.2) is 41.6 Å². The van der Waals surface area contributed by atoms with Gasteiger partial charge in [0.1, 0.15) is 11.8 Å². The predicted molar refractivity (Wildman–Crippen MR) is 66.1 cm³/mol. The smallest absolute Gasteiger partial charge is 0.270 e. The number of likely N-dealkylation sites (tertiary alicyclic amines) is 1. The molecule has 0 spiro atoms. The van der Waals surface area contributed by atoms with Crippen LogP contribution in [0.5, 0.6) is 0 Å². The standard InChI is InChI=1S/C13H17N3O2/c1-2-18-9-11-4-3-5-16(11)13(17)12-6-10(7-14)8-15-12/h6,8,11,15H,2-5,9H2,1H3. The topological polar surface area (TPSA) is 69.1 Å². The number of carbonyl (C=O) groups is 1. The first-order chi connectivity index (χ1) is 8.76. The Morgan fingerprint density at radius 3 is 3.22 bits per heavy atom. The molecular weight excluding hydrogens is 230 g/mol. The summed E-state index contributed by atoms with van der Waals surface area (Å²) in [6, 6.07) is 3.77. The van der Waals surface area contributed by atoms with E-state index in [-0.39, 0.29) is 11.9 Å². The van der Waals surface area contributed by atoms with Crippen LogP contribution in [0.4, 0.5) is 0 Å². The first-order valence-corrected chi connectivity index (χ1v) is 6.23. The number of nitriles is 1. The van der Waals surface area contributed by atoms with Gasteiger partial charge in [-0.15, -0.1) is 0 Å². The van der Waals surface area contributed by atoms with E-state index in [1.54, 1.807) is 12.3 Å². The van der Waals surface area contributed by atoms with Crippen molar-refractivity contribution < 1.29 is 9.53 Å². The molecule has 18 heavy (non-hydrogen) atoms. The Morgan fingerprint density at radius 1 is 1.72 bits per heavy atom. The zero-order valence-electron chi connectivity index (χ0n) is 10.5. The number of hydrogen-bond donors (Lipinski definition) is 1. The Bertz CT molecular complexity index is 461. The quantitative estimate of drug-likeness (QED) is 0.877. The van der Waals surface area contributed by atoms with Crippen LogP contribution in [0.1, 0.15) is 35.8 Å². The summed E-state index contributed by atoms with van der Waals surface area (Å²) >= 11 is 0. The van der Waals surface area contributed by atoms with E-state index in [2.05, 4.69) is 4.98 Å². The molecule has 1 saturated heterocycles. The predicted octanol–water partition coefficient (Wildman–Crippen LogP) is 1.53. The molecule has 1 aliphatic heterocycles. The summed E-state index contributed by atoms with van der Waals surface area (Å²) in [4.78, 5) is 17.0. The van der Waals surface area contributed by atoms with Gasteiger partial charge in [-0.1, -0.05) is 0 Å². The normalized spacial score (nSPS) is 18.9. The fourth-order valence-electron chi connectivity index (χ4n) is 2.27. The number of aromatic amines is 1. The second kappa shape index (κ2) is 5.69. The molecule has 0 radical (unpaired) electrons. The van der Waals surface area contributed by atoms with Gasteiger partial charge in [-0.05, 0) is 25.8 Å². The first-order valence-electron chi connectivity index (χ1n) is 6.23. The molecule has 1 aromatic rings. The van der Waals surface area contributed by atoms with Crippen LogP contribution in [0.2, 0.25) is 0 Å². The molecule has 5 heteroatoms. The van der Waals surface area contributed by atoms with E-state index >= 15 is 0 Å². The van der Waals surface area contributed by atoms with E-state index in [1.807, 2.05) is 17.9 Å². The second-order valence-corrected chi connectivity index (χ2v) is 4.37. The molecule has 0 aliphatic carbocycles. The van der Waals surface area contributed by atoms with Gasteiger partial charge in [-0.25, -0.2) is 0 Å². The highest BCUT2D eigenvalue weighted by atomic mass is 16.5. The van der Waals surface area contributed by atoms with Crippen molar-refractivity contribution in [3.05, 3.63) is 23.5 Å². The van der Waals surface area contributed by atoms with Crippen LogP contribution >= 0.6 is 0 Å². The number of ether oxygens (including phenoxy) is 1. The lowest BCUT2D eigenvalue weighted by Crippen LogP contribution is -2.38. The summed E-state index contributed by atoms with van der Waals surface area (Å²) in [5.74, 6) is -0.0429. The molecule has 1 aromatic heterocycles. The minimum atomic E-state index is -0.0429. The highest BCUT2D eigenvalue weighted by Gasteiger charge is 2.30. The molecule has 1 N–H and O–H groups in total. The van der Waals surface area contributed by atoms with Crippen LogP contribution in [0, 0.1) is 11.3 Å². The summed E-state index contributed by atoms with van der Waals surface area (Å²) in [5, 5.41) is 8.75. The number of H-pyrrole nitrogens is 1. The Kier molecular flexibility index (Phi) is 4.00. The molecule has 2 heterocycles. The van der Waals surface area contributed by atoms with Gasteiger partial charge in [-0.2, -0.15) is 5.26 Å². The van der Waals surface area contributed by atoms with Crippen molar-refractivity contribution in [2.24, 2.45) is 0 Å². The largest absolute Gasteiger partial charge is 0.380 e. The van der Waals surface area contributed by atoms with Gasteiger partial charge in [0.2, 0.25) is 0 Å². The van der Waals surface area contributed by atoms with Gasteiger partial charge in [0.05, 0.1) is 18.2 Å². The number of nitrogens with one attached hydrogen (secondary N) is 1. The molecule has 1 atom stereocenters. The molecule has 2 rings (SSSR count). The lowest BCUT2D eigenvalue weighted by molar-refractivity contribution is 0.0560. The van der Waals surface area contributed by atoms with Crippen molar-refractivity contribution in [1.29, 1.82) is 5.26 Å². The van der Waals surface area contributed by atoms with Gasteiger partial charge in [0.25, 0.3) is 5.91 Å². The fourth-order valence-corrected chi connectivity index (χ4v) is 2.27. The van der Waals surface area contributed by atoms with Gasteiger partial charge in [-0.3, -0.25) is 4.79 Å². The minimum Gasteiger partial charge on any atom is -0.380 e. The van der Waals surface area contributed by atoms with E-state index in [4.69, 9.17) is 10.00 Å². The average Bonchev–Trinajstić information content (AvgIpc) is 3.04. The van der Waals surface area contributed by atoms with E-state index in [0.717, 1.165) is 19.4 Å². The van der Waals surface area contributed by atoms with Crippen molar-refractivity contribution in [3.8, 4) is 6.07 Å². The monoisotopic (exact) mass is 247 g/mol. The van der Waals surface area contributed by atoms with Crippen LogP contribution in [0.3, 0.4) is 0 Å². The number of amides is 1. The summed E-state index contributed by atoms with van der Waals surface area (Å²) in [6.07, 6.45) is 3.55. The lowest BCUT2D eigenvalue weighted by Gasteiger charge is -2.23. The van der Waals surface area contributed by atoms with Crippen molar-refractivity contribution in [3.63, 3.8) is 0 Å². The van der Waals surface area contributed by atoms with E-state index < -0.39 is 0 Å². The maximum Gasteiger partial charge on any atom is 0.270 e. The zero-order valence-corrected chi connectivity index (χ0v) is 10.5. The molecule has 1 fully saturated rings. The molecule has 0 saturated carbocycles. The molecular formula is C13H17N3O2. The van der Waals surface area contributed by atoms with Crippen LogP contribution < -0.4 is 0 Å².